The lowest BCUT2D eigenvalue weighted by molar-refractivity contribution is 0.0885. The Kier molecular flexibility index (Phi) is 3.66. The molecule has 4 N–H and O–H groups in total. The van der Waals surface area contributed by atoms with Crippen molar-refractivity contribution in [2.75, 3.05) is 0 Å². The molecule has 1 heterocycles. The third-order valence-electron chi connectivity index (χ3n) is 3.11. The molecule has 19 heavy (non-hydrogen) atoms. The highest BCUT2D eigenvalue weighted by Gasteiger charge is 2.41. The Labute approximate surface area is 111 Å². The first-order chi connectivity index (χ1) is 9.08. The van der Waals surface area contributed by atoms with Crippen molar-refractivity contribution in [3.63, 3.8) is 0 Å². The van der Waals surface area contributed by atoms with E-state index < -0.39 is 11.7 Å². The van der Waals surface area contributed by atoms with Gasteiger partial charge < -0.3 is 10.6 Å². The minimum Gasteiger partial charge on any atom is -0.315 e. The maximum atomic E-state index is 12.5. The number of hydrogen-bond acceptors (Lipinski definition) is 3. The van der Waals surface area contributed by atoms with E-state index >= 15 is 0 Å². The van der Waals surface area contributed by atoms with Crippen molar-refractivity contribution >= 4 is 11.8 Å². The molecule has 0 bridgehead atoms. The summed E-state index contributed by atoms with van der Waals surface area (Å²) in [5, 5.41) is 5.07. The van der Waals surface area contributed by atoms with E-state index in [-0.39, 0.29) is 5.78 Å². The lowest BCUT2D eigenvalue weighted by Crippen LogP contribution is -2.66. The van der Waals surface area contributed by atoms with E-state index in [1.54, 1.807) is 24.3 Å². The number of carbonyl (C=O) groups is 2. The molecule has 0 fully saturated rings. The molecule has 1 aliphatic heterocycles. The summed E-state index contributed by atoms with van der Waals surface area (Å²) in [6, 6.07) is 8.27. The van der Waals surface area contributed by atoms with Crippen molar-refractivity contribution in [1.82, 2.24) is 10.6 Å². The summed E-state index contributed by atoms with van der Waals surface area (Å²) >= 11 is 0. The zero-order chi connectivity index (χ0) is 13.9. The highest BCUT2D eigenvalue weighted by molar-refractivity contribution is 6.07. The third kappa shape index (κ3) is 2.51. The Bertz CT molecular complexity index is 525. The smallest absolute Gasteiger partial charge is 0.315 e. The molecule has 5 nitrogen and oxygen atoms in total. The maximum Gasteiger partial charge on any atom is 0.320 e. The Morgan fingerprint density at radius 3 is 2.63 bits per heavy atom. The van der Waals surface area contributed by atoms with Gasteiger partial charge in [0.1, 0.15) is 0 Å². The molecule has 100 valence electrons. The first kappa shape index (κ1) is 13.3. The van der Waals surface area contributed by atoms with Crippen molar-refractivity contribution in [2.24, 2.45) is 5.73 Å². The predicted octanol–water partition coefficient (Wildman–Crippen LogP) is 1.52. The zero-order valence-electron chi connectivity index (χ0n) is 10.8. The quantitative estimate of drug-likeness (QED) is 0.717. The van der Waals surface area contributed by atoms with Crippen LogP contribution in [0.2, 0.25) is 0 Å². The van der Waals surface area contributed by atoms with Gasteiger partial charge in [-0.3, -0.25) is 10.5 Å². The molecule has 0 saturated heterocycles. The number of amides is 2. The zero-order valence-corrected chi connectivity index (χ0v) is 10.8. The molecule has 0 radical (unpaired) electrons. The van der Waals surface area contributed by atoms with Gasteiger partial charge in [0.2, 0.25) is 5.78 Å². The summed E-state index contributed by atoms with van der Waals surface area (Å²) in [6.45, 7) is 1.99. The van der Waals surface area contributed by atoms with Gasteiger partial charge in [0.15, 0.2) is 5.66 Å². The molecule has 2 rings (SSSR count). The monoisotopic (exact) mass is 259 g/mol. The molecule has 0 aromatic heterocycles. The Morgan fingerprint density at radius 1 is 1.32 bits per heavy atom. The number of Topliss-reactive ketones (excluding diaryl/α,β-unsaturated/α-hetero) is 1. The van der Waals surface area contributed by atoms with E-state index in [1.807, 2.05) is 13.0 Å². The van der Waals surface area contributed by atoms with E-state index in [0.717, 1.165) is 6.42 Å². The molecule has 1 aliphatic rings. The minimum absolute atomic E-state index is 0.303. The topological polar surface area (TPSA) is 84.2 Å². The summed E-state index contributed by atoms with van der Waals surface area (Å²) in [7, 11) is 0. The van der Waals surface area contributed by atoms with Crippen LogP contribution in [0.15, 0.2) is 42.1 Å². The van der Waals surface area contributed by atoms with E-state index in [9.17, 15) is 9.59 Å². The predicted molar refractivity (Wildman–Crippen MR) is 72.3 cm³/mol. The van der Waals surface area contributed by atoms with Crippen LogP contribution in [-0.2, 0) is 0 Å². The molecule has 0 spiro atoms. The number of benzene rings is 1. The van der Waals surface area contributed by atoms with Gasteiger partial charge >= 0.3 is 6.03 Å². The summed E-state index contributed by atoms with van der Waals surface area (Å²) in [4.78, 5) is 24.0. The first-order valence-electron chi connectivity index (χ1n) is 6.25. The summed E-state index contributed by atoms with van der Waals surface area (Å²) in [5.74, 6) is -0.303. The second-order valence-electron chi connectivity index (χ2n) is 4.52. The fourth-order valence-electron chi connectivity index (χ4n) is 2.12. The maximum absolute atomic E-state index is 12.5. The normalized spacial score (nSPS) is 22.2. The lowest BCUT2D eigenvalue weighted by Gasteiger charge is -2.34. The van der Waals surface area contributed by atoms with Crippen LogP contribution in [0.4, 0.5) is 4.79 Å². The van der Waals surface area contributed by atoms with Crippen LogP contribution >= 0.6 is 0 Å². The molecule has 1 aromatic rings. The average molecular weight is 259 g/mol. The van der Waals surface area contributed by atoms with Gasteiger partial charge in [-0.2, -0.15) is 0 Å². The third-order valence-corrected chi connectivity index (χ3v) is 3.11. The number of rotatable bonds is 4. The number of urea groups is 1. The van der Waals surface area contributed by atoms with E-state index in [2.05, 4.69) is 10.6 Å². The van der Waals surface area contributed by atoms with Crippen molar-refractivity contribution in [3.8, 4) is 0 Å². The Hall–Kier alpha value is -2.14. The molecular formula is C14H17N3O2. The minimum atomic E-state index is -1.46. The van der Waals surface area contributed by atoms with Crippen molar-refractivity contribution in [1.29, 1.82) is 0 Å². The molecule has 0 saturated carbocycles. The molecule has 1 atom stereocenters. The SMILES string of the molecule is CCCC1=CNC(=O)NC1(N)C(=O)c1ccccc1. The van der Waals surface area contributed by atoms with Gasteiger partial charge in [-0.1, -0.05) is 43.7 Å². The Balaban J connectivity index is 2.38. The van der Waals surface area contributed by atoms with E-state index in [0.29, 0.717) is 17.6 Å². The Morgan fingerprint density at radius 2 is 2.00 bits per heavy atom. The fraction of sp³-hybridized carbons (Fsp3) is 0.286. The summed E-state index contributed by atoms with van der Waals surface area (Å²) in [6.07, 6.45) is 3.01. The highest BCUT2D eigenvalue weighted by Crippen LogP contribution is 2.23. The van der Waals surface area contributed by atoms with Gasteiger partial charge in [0.05, 0.1) is 0 Å². The molecule has 1 aromatic carbocycles. The van der Waals surface area contributed by atoms with Gasteiger partial charge in [0.25, 0.3) is 0 Å². The largest absolute Gasteiger partial charge is 0.320 e. The fourth-order valence-corrected chi connectivity index (χ4v) is 2.12. The van der Waals surface area contributed by atoms with Crippen LogP contribution in [0.1, 0.15) is 30.1 Å². The van der Waals surface area contributed by atoms with Crippen LogP contribution in [0, 0.1) is 0 Å². The van der Waals surface area contributed by atoms with Crippen molar-refractivity contribution < 1.29 is 9.59 Å². The lowest BCUT2D eigenvalue weighted by atomic mass is 9.88. The number of carbonyl (C=O) groups excluding carboxylic acids is 2. The second kappa shape index (κ2) is 5.24. The number of ketones is 1. The van der Waals surface area contributed by atoms with Crippen LogP contribution in [-0.4, -0.2) is 17.5 Å². The van der Waals surface area contributed by atoms with Crippen LogP contribution < -0.4 is 16.4 Å². The summed E-state index contributed by atoms with van der Waals surface area (Å²) < 4.78 is 0. The van der Waals surface area contributed by atoms with Crippen LogP contribution in [0.5, 0.6) is 0 Å². The van der Waals surface area contributed by atoms with Gasteiger partial charge in [0, 0.05) is 11.8 Å². The van der Waals surface area contributed by atoms with Crippen molar-refractivity contribution in [3.05, 3.63) is 47.7 Å². The summed E-state index contributed by atoms with van der Waals surface area (Å²) in [5.41, 5.74) is 5.87. The number of hydrogen-bond donors (Lipinski definition) is 3. The average Bonchev–Trinajstić information content (AvgIpc) is 2.42. The molecule has 5 heteroatoms. The molecule has 1 unspecified atom stereocenters. The van der Waals surface area contributed by atoms with E-state index in [4.69, 9.17) is 5.73 Å². The van der Waals surface area contributed by atoms with Gasteiger partial charge in [-0.15, -0.1) is 0 Å². The molecule has 2 amide bonds. The highest BCUT2D eigenvalue weighted by atomic mass is 16.2. The number of nitrogens with one attached hydrogen (secondary N) is 2. The van der Waals surface area contributed by atoms with Gasteiger partial charge in [-0.05, 0) is 12.0 Å². The van der Waals surface area contributed by atoms with Gasteiger partial charge in [-0.25, -0.2) is 4.79 Å². The second-order valence-corrected chi connectivity index (χ2v) is 4.52. The van der Waals surface area contributed by atoms with Crippen molar-refractivity contribution in [2.45, 2.75) is 25.4 Å². The first-order valence-corrected chi connectivity index (χ1v) is 6.25. The van der Waals surface area contributed by atoms with Crippen LogP contribution in [0.3, 0.4) is 0 Å². The number of nitrogens with two attached hydrogens (primary N) is 1. The molecule has 0 aliphatic carbocycles. The van der Waals surface area contributed by atoms with E-state index in [1.165, 1.54) is 6.20 Å². The standard InChI is InChI=1S/C14H17N3O2/c1-2-6-11-9-16-13(19)17-14(11,15)12(18)10-7-4-3-5-8-10/h3-5,7-9H,2,6,15H2,1H3,(H2,16,17,19). The molecular weight excluding hydrogens is 242 g/mol. The van der Waals surface area contributed by atoms with Crippen LogP contribution in [0.25, 0.3) is 0 Å².